The van der Waals surface area contributed by atoms with Crippen molar-refractivity contribution >= 4 is 6.08 Å². The summed E-state index contributed by atoms with van der Waals surface area (Å²) in [6.45, 7) is 4.04. The summed E-state index contributed by atoms with van der Waals surface area (Å²) in [5.74, 6) is 0. The molecule has 0 fully saturated rings. The lowest BCUT2D eigenvalue weighted by Crippen LogP contribution is -2.23. The molecule has 2 heteroatoms. The van der Waals surface area contributed by atoms with Crippen LogP contribution >= 0.6 is 0 Å². The summed E-state index contributed by atoms with van der Waals surface area (Å²) in [6.07, 6.45) is 4.71. The average Bonchev–Trinajstić information content (AvgIpc) is 2.29. The van der Waals surface area contributed by atoms with Gasteiger partial charge in [-0.3, -0.25) is 0 Å². The van der Waals surface area contributed by atoms with Gasteiger partial charge in [-0.25, -0.2) is 0 Å². The smallest absolute Gasteiger partial charge is 0.109 e. The number of benzene rings is 1. The molecule has 0 amide bonds. The van der Waals surface area contributed by atoms with Gasteiger partial charge in [0.25, 0.3) is 0 Å². The van der Waals surface area contributed by atoms with Crippen LogP contribution in [0.1, 0.15) is 17.2 Å². The second kappa shape index (κ2) is 4.43. The molecule has 2 nitrogen and oxygen atoms in total. The first kappa shape index (κ1) is 10.1. The van der Waals surface area contributed by atoms with Crippen LogP contribution in [0.15, 0.2) is 43.0 Å². The van der Waals surface area contributed by atoms with Crippen LogP contribution in [0.5, 0.6) is 0 Å². The molecule has 15 heavy (non-hydrogen) atoms. The Hall–Kier alpha value is -1.38. The summed E-state index contributed by atoms with van der Waals surface area (Å²) < 4.78 is 5.45. The highest BCUT2D eigenvalue weighted by molar-refractivity contribution is 5.58. The minimum atomic E-state index is -0.578. The summed E-state index contributed by atoms with van der Waals surface area (Å²) in [5, 5.41) is 10.0. The lowest BCUT2D eigenvalue weighted by Gasteiger charge is -2.25. The topological polar surface area (TPSA) is 29.5 Å². The summed E-state index contributed by atoms with van der Waals surface area (Å²) in [6, 6.07) is 7.79. The Morgan fingerprint density at radius 1 is 1.40 bits per heavy atom. The maximum Gasteiger partial charge on any atom is 0.109 e. The molecule has 0 aromatic heterocycles. The molecule has 1 aliphatic rings. The molecule has 0 aliphatic heterocycles. The second-order valence-electron chi connectivity index (χ2n) is 3.52. The van der Waals surface area contributed by atoms with Crippen molar-refractivity contribution in [2.45, 2.75) is 12.2 Å². The largest absolute Gasteiger partial charge is 0.385 e. The summed E-state index contributed by atoms with van der Waals surface area (Å²) >= 11 is 0. The van der Waals surface area contributed by atoms with E-state index in [-0.39, 0.29) is 6.10 Å². The van der Waals surface area contributed by atoms with Gasteiger partial charge >= 0.3 is 0 Å². The Bertz CT molecular complexity index is 382. The average molecular weight is 202 g/mol. The third kappa shape index (κ3) is 2.01. The molecular weight excluding hydrogens is 188 g/mol. The van der Waals surface area contributed by atoms with E-state index in [0.717, 1.165) is 11.1 Å². The molecule has 1 aromatic carbocycles. The minimum absolute atomic E-state index is 0.266. The SMILES string of the molecule is C=CCO[C@@H]1C=Cc2ccccc2[C@H]1O. The van der Waals surface area contributed by atoms with Gasteiger partial charge in [0.05, 0.1) is 6.61 Å². The van der Waals surface area contributed by atoms with Crippen LogP contribution in [0.3, 0.4) is 0 Å². The highest BCUT2D eigenvalue weighted by Crippen LogP contribution is 2.29. The minimum Gasteiger partial charge on any atom is -0.385 e. The number of hydrogen-bond donors (Lipinski definition) is 1. The highest BCUT2D eigenvalue weighted by atomic mass is 16.5. The molecule has 0 unspecified atom stereocenters. The van der Waals surface area contributed by atoms with Crippen molar-refractivity contribution in [3.63, 3.8) is 0 Å². The summed E-state index contributed by atoms with van der Waals surface area (Å²) in [5.41, 5.74) is 1.98. The number of aliphatic hydroxyl groups is 1. The molecule has 1 N–H and O–H groups in total. The number of rotatable bonds is 3. The Labute approximate surface area is 89.5 Å². The monoisotopic (exact) mass is 202 g/mol. The number of fused-ring (bicyclic) bond motifs is 1. The van der Waals surface area contributed by atoms with Crippen LogP contribution in [0.4, 0.5) is 0 Å². The van der Waals surface area contributed by atoms with Gasteiger partial charge in [0.1, 0.15) is 12.2 Å². The van der Waals surface area contributed by atoms with Crippen molar-refractivity contribution < 1.29 is 9.84 Å². The van der Waals surface area contributed by atoms with E-state index < -0.39 is 6.10 Å². The van der Waals surface area contributed by atoms with Gasteiger partial charge in [-0.1, -0.05) is 42.5 Å². The predicted molar refractivity (Wildman–Crippen MR) is 60.4 cm³/mol. The van der Waals surface area contributed by atoms with Crippen molar-refractivity contribution in [3.05, 3.63) is 54.1 Å². The number of aliphatic hydroxyl groups excluding tert-OH is 1. The van der Waals surface area contributed by atoms with Crippen molar-refractivity contribution in [1.82, 2.24) is 0 Å². The van der Waals surface area contributed by atoms with E-state index in [1.807, 2.05) is 36.4 Å². The molecule has 1 aliphatic carbocycles. The van der Waals surface area contributed by atoms with E-state index in [1.54, 1.807) is 6.08 Å². The fourth-order valence-electron chi connectivity index (χ4n) is 1.74. The fourth-order valence-corrected chi connectivity index (χ4v) is 1.74. The Morgan fingerprint density at radius 2 is 2.20 bits per heavy atom. The summed E-state index contributed by atoms with van der Waals surface area (Å²) in [4.78, 5) is 0. The Morgan fingerprint density at radius 3 is 3.00 bits per heavy atom. The molecule has 0 bridgehead atoms. The van der Waals surface area contributed by atoms with Gasteiger partial charge in [0.15, 0.2) is 0 Å². The Balaban J connectivity index is 2.21. The molecule has 0 radical (unpaired) electrons. The van der Waals surface area contributed by atoms with Crippen LogP contribution in [0, 0.1) is 0 Å². The number of ether oxygens (including phenoxy) is 1. The van der Waals surface area contributed by atoms with E-state index in [1.165, 1.54) is 0 Å². The second-order valence-corrected chi connectivity index (χ2v) is 3.52. The van der Waals surface area contributed by atoms with Crippen LogP contribution < -0.4 is 0 Å². The standard InChI is InChI=1S/C13H14O2/c1-2-9-15-12-8-7-10-5-3-4-6-11(10)13(12)14/h2-8,12-14H,1,9H2/t12-,13-/m1/s1. The number of hydrogen-bond acceptors (Lipinski definition) is 2. The van der Waals surface area contributed by atoms with Crippen LogP contribution in [-0.4, -0.2) is 17.8 Å². The third-order valence-electron chi connectivity index (χ3n) is 2.50. The molecular formula is C13H14O2. The molecule has 2 atom stereocenters. The molecule has 0 saturated carbocycles. The van der Waals surface area contributed by atoms with Gasteiger partial charge in [-0.2, -0.15) is 0 Å². The van der Waals surface area contributed by atoms with E-state index in [9.17, 15) is 5.11 Å². The maximum atomic E-state index is 10.0. The molecule has 0 heterocycles. The van der Waals surface area contributed by atoms with Crippen molar-refractivity contribution in [1.29, 1.82) is 0 Å². The predicted octanol–water partition coefficient (Wildman–Crippen LogP) is 2.32. The normalized spacial score (nSPS) is 23.5. The van der Waals surface area contributed by atoms with Gasteiger partial charge in [-0.05, 0) is 11.1 Å². The van der Waals surface area contributed by atoms with E-state index in [0.29, 0.717) is 6.61 Å². The molecule has 1 aromatic rings. The van der Waals surface area contributed by atoms with Gasteiger partial charge in [0, 0.05) is 0 Å². The van der Waals surface area contributed by atoms with E-state index >= 15 is 0 Å². The first-order chi connectivity index (χ1) is 7.33. The van der Waals surface area contributed by atoms with Crippen molar-refractivity contribution in [2.75, 3.05) is 6.61 Å². The lowest BCUT2D eigenvalue weighted by molar-refractivity contribution is -0.000286. The van der Waals surface area contributed by atoms with Gasteiger partial charge in [0.2, 0.25) is 0 Å². The maximum absolute atomic E-state index is 10.0. The van der Waals surface area contributed by atoms with E-state index in [4.69, 9.17) is 4.74 Å². The quantitative estimate of drug-likeness (QED) is 0.762. The Kier molecular flexibility index (Phi) is 2.99. The van der Waals surface area contributed by atoms with Crippen molar-refractivity contribution in [3.8, 4) is 0 Å². The van der Waals surface area contributed by atoms with Crippen molar-refractivity contribution in [2.24, 2.45) is 0 Å². The zero-order valence-corrected chi connectivity index (χ0v) is 8.47. The van der Waals surface area contributed by atoms with Gasteiger partial charge < -0.3 is 9.84 Å². The fraction of sp³-hybridized carbons (Fsp3) is 0.231. The van der Waals surface area contributed by atoms with Gasteiger partial charge in [-0.15, -0.1) is 6.58 Å². The summed E-state index contributed by atoms with van der Waals surface area (Å²) in [7, 11) is 0. The third-order valence-corrected chi connectivity index (χ3v) is 2.50. The lowest BCUT2D eigenvalue weighted by atomic mass is 9.93. The highest BCUT2D eigenvalue weighted by Gasteiger charge is 2.23. The van der Waals surface area contributed by atoms with Crippen LogP contribution in [0.2, 0.25) is 0 Å². The van der Waals surface area contributed by atoms with Crippen LogP contribution in [0.25, 0.3) is 6.08 Å². The first-order valence-electron chi connectivity index (χ1n) is 5.00. The zero-order valence-electron chi connectivity index (χ0n) is 8.47. The molecule has 0 saturated heterocycles. The molecule has 0 spiro atoms. The first-order valence-corrected chi connectivity index (χ1v) is 5.00. The molecule has 78 valence electrons. The van der Waals surface area contributed by atoms with Crippen LogP contribution in [-0.2, 0) is 4.74 Å². The zero-order chi connectivity index (χ0) is 10.7. The molecule has 2 rings (SSSR count). The van der Waals surface area contributed by atoms with E-state index in [2.05, 4.69) is 6.58 Å².